The lowest BCUT2D eigenvalue weighted by Crippen LogP contribution is -2.45. The van der Waals surface area contributed by atoms with Gasteiger partial charge in [0, 0.05) is 12.1 Å². The Morgan fingerprint density at radius 1 is 1.21 bits per heavy atom. The highest BCUT2D eigenvalue weighted by Gasteiger charge is 2.30. The Kier molecular flexibility index (Phi) is 4.34. The first-order valence-corrected chi connectivity index (χ1v) is 6.33. The number of rotatable bonds is 2. The van der Waals surface area contributed by atoms with Crippen molar-refractivity contribution in [2.75, 3.05) is 13.7 Å². The largest absolute Gasteiger partial charge is 0.467 e. The summed E-state index contributed by atoms with van der Waals surface area (Å²) in [6.45, 7) is 0.438. The Labute approximate surface area is 112 Å². The minimum Gasteiger partial charge on any atom is -0.467 e. The molecule has 1 unspecified atom stereocenters. The van der Waals surface area contributed by atoms with Crippen molar-refractivity contribution < 1.29 is 14.3 Å². The summed E-state index contributed by atoms with van der Waals surface area (Å²) in [5.41, 5.74) is 0.590. The molecule has 0 aliphatic carbocycles. The van der Waals surface area contributed by atoms with Gasteiger partial charge < -0.3 is 9.64 Å². The van der Waals surface area contributed by atoms with Crippen molar-refractivity contribution in [1.29, 1.82) is 0 Å². The number of allylic oxidation sites excluding steroid dienone is 1. The van der Waals surface area contributed by atoms with E-state index in [0.717, 1.165) is 6.42 Å². The van der Waals surface area contributed by atoms with Crippen LogP contribution in [0.5, 0.6) is 0 Å². The number of carbonyl (C=O) groups is 2. The number of esters is 1. The monoisotopic (exact) mass is 259 g/mol. The molecule has 4 heteroatoms. The number of amides is 1. The van der Waals surface area contributed by atoms with Gasteiger partial charge in [-0.3, -0.25) is 4.79 Å². The van der Waals surface area contributed by atoms with Crippen LogP contribution >= 0.6 is 0 Å². The Hall–Kier alpha value is -2.10. The van der Waals surface area contributed by atoms with E-state index in [2.05, 4.69) is 0 Å². The zero-order chi connectivity index (χ0) is 13.7. The average Bonchev–Trinajstić information content (AvgIpc) is 2.72. The van der Waals surface area contributed by atoms with Gasteiger partial charge in [0.1, 0.15) is 6.04 Å². The molecule has 0 radical (unpaired) electrons. The summed E-state index contributed by atoms with van der Waals surface area (Å²) in [7, 11) is 1.35. The van der Waals surface area contributed by atoms with Crippen LogP contribution in [-0.4, -0.2) is 36.5 Å². The van der Waals surface area contributed by atoms with Crippen LogP contribution in [0.2, 0.25) is 0 Å². The first-order chi connectivity index (χ1) is 9.24. The van der Waals surface area contributed by atoms with Gasteiger partial charge in [-0.15, -0.1) is 0 Å². The van der Waals surface area contributed by atoms with E-state index in [4.69, 9.17) is 4.74 Å². The van der Waals surface area contributed by atoms with Crippen molar-refractivity contribution >= 4 is 11.9 Å². The molecular formula is C15H17NO3. The lowest BCUT2D eigenvalue weighted by molar-refractivity contribution is -0.146. The molecule has 2 rings (SSSR count). The predicted molar refractivity (Wildman–Crippen MR) is 71.7 cm³/mol. The maximum atomic E-state index is 12.5. The molecule has 19 heavy (non-hydrogen) atoms. The molecule has 0 spiro atoms. The maximum absolute atomic E-state index is 12.5. The van der Waals surface area contributed by atoms with Gasteiger partial charge in [0.2, 0.25) is 0 Å². The van der Waals surface area contributed by atoms with Crippen molar-refractivity contribution in [3.63, 3.8) is 0 Å². The van der Waals surface area contributed by atoms with Crippen molar-refractivity contribution in [3.8, 4) is 0 Å². The van der Waals surface area contributed by atoms with Gasteiger partial charge in [-0.1, -0.05) is 30.4 Å². The Morgan fingerprint density at radius 3 is 2.63 bits per heavy atom. The predicted octanol–water partition coefficient (Wildman–Crippen LogP) is 2.02. The molecule has 1 amide bonds. The number of hydrogen-bond acceptors (Lipinski definition) is 3. The molecule has 0 aromatic heterocycles. The van der Waals surface area contributed by atoms with E-state index in [-0.39, 0.29) is 11.9 Å². The molecule has 1 aromatic carbocycles. The average molecular weight is 259 g/mol. The SMILES string of the molecule is COC(=O)C1CCC=CCN1C(=O)c1ccccc1. The normalized spacial score (nSPS) is 18.8. The van der Waals surface area contributed by atoms with E-state index in [1.54, 1.807) is 17.0 Å². The standard InChI is InChI=1S/C15H17NO3/c1-19-15(18)13-10-6-3-7-11-16(13)14(17)12-8-4-2-5-9-12/h2-5,7-9,13H,6,10-11H2,1H3. The smallest absolute Gasteiger partial charge is 0.328 e. The highest BCUT2D eigenvalue weighted by atomic mass is 16.5. The Balaban J connectivity index is 2.25. The van der Waals surface area contributed by atoms with Gasteiger partial charge in [0.05, 0.1) is 7.11 Å². The second-order valence-electron chi connectivity index (χ2n) is 4.41. The molecule has 1 atom stereocenters. The van der Waals surface area contributed by atoms with Crippen LogP contribution in [0, 0.1) is 0 Å². The quantitative estimate of drug-likeness (QED) is 0.603. The number of benzene rings is 1. The molecular weight excluding hydrogens is 242 g/mol. The zero-order valence-electron chi connectivity index (χ0n) is 10.9. The molecule has 1 aliphatic heterocycles. The molecule has 0 N–H and O–H groups in total. The van der Waals surface area contributed by atoms with Crippen molar-refractivity contribution in [2.24, 2.45) is 0 Å². The second kappa shape index (κ2) is 6.18. The van der Waals surface area contributed by atoms with E-state index in [1.165, 1.54) is 7.11 Å². The molecule has 1 aromatic rings. The van der Waals surface area contributed by atoms with Crippen LogP contribution in [0.1, 0.15) is 23.2 Å². The minimum atomic E-state index is -0.507. The first-order valence-electron chi connectivity index (χ1n) is 6.33. The molecule has 0 fully saturated rings. The van der Waals surface area contributed by atoms with Crippen LogP contribution in [0.15, 0.2) is 42.5 Å². The number of nitrogens with zero attached hydrogens (tertiary/aromatic N) is 1. The van der Waals surface area contributed by atoms with Crippen molar-refractivity contribution in [3.05, 3.63) is 48.0 Å². The molecule has 0 saturated heterocycles. The van der Waals surface area contributed by atoms with E-state index in [9.17, 15) is 9.59 Å². The lowest BCUT2D eigenvalue weighted by Gasteiger charge is -2.27. The van der Waals surface area contributed by atoms with Crippen LogP contribution in [0.25, 0.3) is 0 Å². The maximum Gasteiger partial charge on any atom is 0.328 e. The zero-order valence-corrected chi connectivity index (χ0v) is 10.9. The third-order valence-electron chi connectivity index (χ3n) is 3.21. The third-order valence-corrected chi connectivity index (χ3v) is 3.21. The summed E-state index contributed by atoms with van der Waals surface area (Å²) in [6.07, 6.45) is 5.29. The Morgan fingerprint density at radius 2 is 1.95 bits per heavy atom. The van der Waals surface area contributed by atoms with Gasteiger partial charge in [-0.05, 0) is 25.0 Å². The summed E-state index contributed by atoms with van der Waals surface area (Å²) in [5.74, 6) is -0.490. The summed E-state index contributed by atoms with van der Waals surface area (Å²) in [5, 5.41) is 0. The van der Waals surface area contributed by atoms with Crippen LogP contribution in [-0.2, 0) is 9.53 Å². The van der Waals surface area contributed by atoms with Crippen molar-refractivity contribution in [2.45, 2.75) is 18.9 Å². The third kappa shape index (κ3) is 3.02. The van der Waals surface area contributed by atoms with Gasteiger partial charge in [-0.2, -0.15) is 0 Å². The van der Waals surface area contributed by atoms with Gasteiger partial charge in [-0.25, -0.2) is 4.79 Å². The van der Waals surface area contributed by atoms with Crippen molar-refractivity contribution in [1.82, 2.24) is 4.90 Å². The first kappa shape index (κ1) is 13.3. The molecule has 1 aliphatic rings. The summed E-state index contributed by atoms with van der Waals surface area (Å²) in [6, 6.07) is 8.49. The van der Waals surface area contributed by atoms with Gasteiger partial charge in [0.15, 0.2) is 0 Å². The summed E-state index contributed by atoms with van der Waals surface area (Å²) in [4.78, 5) is 25.9. The number of carbonyl (C=O) groups excluding carboxylic acids is 2. The highest BCUT2D eigenvalue weighted by Crippen LogP contribution is 2.17. The molecule has 0 saturated carbocycles. The number of hydrogen-bond donors (Lipinski definition) is 0. The number of methoxy groups -OCH3 is 1. The summed E-state index contributed by atoms with van der Waals surface area (Å²) < 4.78 is 4.80. The van der Waals surface area contributed by atoms with E-state index < -0.39 is 6.04 Å². The van der Waals surface area contributed by atoms with E-state index in [0.29, 0.717) is 18.5 Å². The molecule has 100 valence electrons. The van der Waals surface area contributed by atoms with E-state index >= 15 is 0 Å². The Bertz CT molecular complexity index is 481. The fourth-order valence-corrected chi connectivity index (χ4v) is 2.20. The van der Waals surface area contributed by atoms with Gasteiger partial charge >= 0.3 is 5.97 Å². The minimum absolute atomic E-state index is 0.137. The second-order valence-corrected chi connectivity index (χ2v) is 4.41. The van der Waals surface area contributed by atoms with Gasteiger partial charge in [0.25, 0.3) is 5.91 Å². The van der Waals surface area contributed by atoms with E-state index in [1.807, 2.05) is 30.4 Å². The lowest BCUT2D eigenvalue weighted by atomic mass is 10.1. The topological polar surface area (TPSA) is 46.6 Å². The number of ether oxygens (including phenoxy) is 1. The molecule has 1 heterocycles. The highest BCUT2D eigenvalue weighted by molar-refractivity contribution is 5.97. The molecule has 0 bridgehead atoms. The van der Waals surface area contributed by atoms with Crippen LogP contribution in [0.3, 0.4) is 0 Å². The molecule has 4 nitrogen and oxygen atoms in total. The summed E-state index contributed by atoms with van der Waals surface area (Å²) >= 11 is 0. The fourth-order valence-electron chi connectivity index (χ4n) is 2.20. The van der Waals surface area contributed by atoms with Crippen LogP contribution in [0.4, 0.5) is 0 Å². The van der Waals surface area contributed by atoms with Crippen LogP contribution < -0.4 is 0 Å². The fraction of sp³-hybridized carbons (Fsp3) is 0.333.